The number of benzene rings is 2. The van der Waals surface area contributed by atoms with E-state index in [1.165, 1.54) is 18.2 Å². The van der Waals surface area contributed by atoms with Crippen molar-refractivity contribution in [2.45, 2.75) is 15.3 Å². The molecule has 0 unspecified atom stereocenters. The van der Waals surface area contributed by atoms with Crippen LogP contribution in [0.25, 0.3) is 0 Å². The van der Waals surface area contributed by atoms with Crippen LogP contribution >= 0.6 is 23.4 Å². The summed E-state index contributed by atoms with van der Waals surface area (Å²) in [6.45, 7) is 0. The second-order valence-corrected chi connectivity index (χ2v) is 7.31. The number of hydrogen-bond acceptors (Lipinski definition) is 3. The zero-order chi connectivity index (χ0) is 16.4. The van der Waals surface area contributed by atoms with Gasteiger partial charge in [0.25, 0.3) is 10.0 Å². The molecule has 0 spiro atoms. The Bertz CT molecular complexity index is 765. The standard InChI is InChI=1S/C13H9ClF3NO2S2/c14-11-8-9(6-7-12(11)21-13(15,16)17)18-22(19,20)10-4-2-1-3-5-10/h1-8,18H. The van der Waals surface area contributed by atoms with Gasteiger partial charge in [-0.15, -0.1) is 0 Å². The van der Waals surface area contributed by atoms with Crippen LogP contribution in [0, 0.1) is 0 Å². The van der Waals surface area contributed by atoms with Crippen molar-refractivity contribution < 1.29 is 21.6 Å². The Balaban J connectivity index is 2.23. The van der Waals surface area contributed by atoms with Crippen LogP contribution in [0.1, 0.15) is 0 Å². The molecule has 2 aromatic carbocycles. The molecule has 0 aliphatic rings. The molecule has 2 aromatic rings. The minimum atomic E-state index is -4.46. The lowest BCUT2D eigenvalue weighted by Gasteiger charge is -2.11. The summed E-state index contributed by atoms with van der Waals surface area (Å²) in [5.74, 6) is 0. The first-order valence-corrected chi connectivity index (χ1v) is 8.48. The highest BCUT2D eigenvalue weighted by Gasteiger charge is 2.30. The van der Waals surface area contributed by atoms with Crippen molar-refractivity contribution >= 4 is 39.1 Å². The predicted octanol–water partition coefficient (Wildman–Crippen LogP) is 4.75. The first-order chi connectivity index (χ1) is 10.2. The van der Waals surface area contributed by atoms with E-state index >= 15 is 0 Å². The van der Waals surface area contributed by atoms with E-state index < -0.39 is 15.5 Å². The van der Waals surface area contributed by atoms with Crippen molar-refractivity contribution in [3.63, 3.8) is 0 Å². The maximum atomic E-state index is 12.3. The number of anilines is 1. The Kier molecular flexibility index (Phi) is 4.93. The molecule has 0 fully saturated rings. The molecule has 3 nitrogen and oxygen atoms in total. The van der Waals surface area contributed by atoms with Gasteiger partial charge in [-0.25, -0.2) is 8.42 Å². The van der Waals surface area contributed by atoms with Gasteiger partial charge in [-0.2, -0.15) is 13.2 Å². The van der Waals surface area contributed by atoms with E-state index in [0.29, 0.717) is 0 Å². The minimum Gasteiger partial charge on any atom is -0.280 e. The highest BCUT2D eigenvalue weighted by molar-refractivity contribution is 8.00. The third kappa shape index (κ3) is 4.56. The molecule has 0 heterocycles. The Morgan fingerprint density at radius 1 is 1.05 bits per heavy atom. The van der Waals surface area contributed by atoms with E-state index in [1.807, 2.05) is 0 Å². The molecule has 0 atom stereocenters. The SMILES string of the molecule is O=S(=O)(Nc1ccc(SC(F)(F)F)c(Cl)c1)c1ccccc1. The van der Waals surface area contributed by atoms with Crippen molar-refractivity contribution in [2.24, 2.45) is 0 Å². The molecule has 0 radical (unpaired) electrons. The van der Waals surface area contributed by atoms with Crippen LogP contribution < -0.4 is 4.72 Å². The number of sulfonamides is 1. The molecule has 0 amide bonds. The molecule has 0 saturated heterocycles. The molecular weight excluding hydrogens is 359 g/mol. The van der Waals surface area contributed by atoms with Crippen molar-refractivity contribution in [1.82, 2.24) is 0 Å². The van der Waals surface area contributed by atoms with Gasteiger partial charge in [0, 0.05) is 4.90 Å². The fourth-order valence-corrected chi connectivity index (χ4v) is 3.49. The van der Waals surface area contributed by atoms with Crippen LogP contribution in [0.4, 0.5) is 18.9 Å². The summed E-state index contributed by atoms with van der Waals surface area (Å²) in [7, 11) is -3.82. The highest BCUT2D eigenvalue weighted by Crippen LogP contribution is 2.41. The van der Waals surface area contributed by atoms with Gasteiger partial charge in [-0.3, -0.25) is 4.72 Å². The van der Waals surface area contributed by atoms with E-state index in [2.05, 4.69) is 4.72 Å². The fourth-order valence-electron chi connectivity index (χ4n) is 1.59. The summed E-state index contributed by atoms with van der Waals surface area (Å²) in [6, 6.07) is 11.1. The molecule has 118 valence electrons. The van der Waals surface area contributed by atoms with E-state index in [9.17, 15) is 21.6 Å². The summed E-state index contributed by atoms with van der Waals surface area (Å²) < 4.78 is 63.4. The second-order valence-electron chi connectivity index (χ2n) is 4.11. The highest BCUT2D eigenvalue weighted by atomic mass is 35.5. The lowest BCUT2D eigenvalue weighted by atomic mass is 10.3. The maximum Gasteiger partial charge on any atom is 0.446 e. The first-order valence-electron chi connectivity index (χ1n) is 5.80. The van der Waals surface area contributed by atoms with Crippen molar-refractivity contribution in [3.8, 4) is 0 Å². The van der Waals surface area contributed by atoms with Crippen molar-refractivity contribution in [1.29, 1.82) is 0 Å². The van der Waals surface area contributed by atoms with Gasteiger partial charge < -0.3 is 0 Å². The smallest absolute Gasteiger partial charge is 0.280 e. The second kappa shape index (κ2) is 6.39. The third-order valence-corrected chi connectivity index (χ3v) is 5.09. The maximum absolute atomic E-state index is 12.3. The van der Waals surface area contributed by atoms with Gasteiger partial charge in [0.15, 0.2) is 0 Å². The first kappa shape index (κ1) is 17.0. The molecule has 0 aromatic heterocycles. The summed E-state index contributed by atoms with van der Waals surface area (Å²) in [6.07, 6.45) is 0. The Labute approximate surface area is 134 Å². The molecule has 9 heteroatoms. The van der Waals surface area contributed by atoms with Crippen LogP contribution in [0.15, 0.2) is 58.3 Å². The van der Waals surface area contributed by atoms with E-state index in [4.69, 9.17) is 11.6 Å². The van der Waals surface area contributed by atoms with Crippen LogP contribution in [0.5, 0.6) is 0 Å². The normalized spacial score (nSPS) is 12.2. The zero-order valence-electron chi connectivity index (χ0n) is 10.8. The largest absolute Gasteiger partial charge is 0.446 e. The van der Waals surface area contributed by atoms with Gasteiger partial charge in [0.05, 0.1) is 15.6 Å². The van der Waals surface area contributed by atoms with Crippen molar-refractivity contribution in [3.05, 3.63) is 53.6 Å². The average molecular weight is 368 g/mol. The molecular formula is C13H9ClF3NO2S2. The van der Waals surface area contributed by atoms with Crippen LogP contribution in [0.2, 0.25) is 5.02 Å². The number of halogens is 4. The van der Waals surface area contributed by atoms with Gasteiger partial charge in [-0.1, -0.05) is 29.8 Å². The van der Waals surface area contributed by atoms with E-state index in [1.54, 1.807) is 18.2 Å². The monoisotopic (exact) mass is 367 g/mol. The lowest BCUT2D eigenvalue weighted by molar-refractivity contribution is -0.0328. The summed E-state index contributed by atoms with van der Waals surface area (Å²) in [4.78, 5) is -0.156. The molecule has 22 heavy (non-hydrogen) atoms. The van der Waals surface area contributed by atoms with Crippen LogP contribution in [-0.2, 0) is 10.0 Å². The predicted molar refractivity (Wildman–Crippen MR) is 80.6 cm³/mol. The Morgan fingerprint density at radius 2 is 1.68 bits per heavy atom. The van der Waals surface area contributed by atoms with Gasteiger partial charge >= 0.3 is 5.51 Å². The summed E-state index contributed by atoms with van der Waals surface area (Å²) in [5, 5.41) is -0.185. The van der Waals surface area contributed by atoms with Crippen LogP contribution in [-0.4, -0.2) is 13.9 Å². The van der Waals surface area contributed by atoms with Crippen LogP contribution in [0.3, 0.4) is 0 Å². The van der Waals surface area contributed by atoms with Gasteiger partial charge in [0.2, 0.25) is 0 Å². The number of thioether (sulfide) groups is 1. The molecule has 2 rings (SSSR count). The minimum absolute atomic E-state index is 0.0415. The lowest BCUT2D eigenvalue weighted by Crippen LogP contribution is -2.12. The fraction of sp³-hybridized carbons (Fsp3) is 0.0769. The molecule has 0 bridgehead atoms. The summed E-state index contributed by atoms with van der Waals surface area (Å²) >= 11 is 5.40. The molecule has 1 N–H and O–H groups in total. The van der Waals surface area contributed by atoms with Crippen molar-refractivity contribution in [2.75, 3.05) is 4.72 Å². The van der Waals surface area contributed by atoms with Gasteiger partial charge in [-0.05, 0) is 42.1 Å². The average Bonchev–Trinajstić information content (AvgIpc) is 2.41. The van der Waals surface area contributed by atoms with E-state index in [0.717, 1.165) is 12.1 Å². The number of nitrogens with one attached hydrogen (secondary N) is 1. The Morgan fingerprint density at radius 3 is 2.23 bits per heavy atom. The molecule has 0 aliphatic heterocycles. The number of rotatable bonds is 4. The zero-order valence-corrected chi connectivity index (χ0v) is 13.2. The summed E-state index contributed by atoms with van der Waals surface area (Å²) in [5.41, 5.74) is -4.38. The third-order valence-electron chi connectivity index (χ3n) is 2.46. The number of alkyl halides is 3. The molecule has 0 aliphatic carbocycles. The van der Waals surface area contributed by atoms with Gasteiger partial charge in [0.1, 0.15) is 0 Å². The molecule has 0 saturated carbocycles. The number of hydrogen-bond donors (Lipinski definition) is 1. The topological polar surface area (TPSA) is 46.2 Å². The Hall–Kier alpha value is -1.38. The quantitative estimate of drug-likeness (QED) is 0.793. The van der Waals surface area contributed by atoms with E-state index in [-0.39, 0.29) is 32.3 Å².